The molecule has 0 unspecified atom stereocenters. The second-order valence-corrected chi connectivity index (χ2v) is 14.2. The number of aryl methyl sites for hydroxylation is 1. The maximum absolute atomic E-state index is 14.6. The lowest BCUT2D eigenvalue weighted by atomic mass is 10.0. The fourth-order valence-corrected chi connectivity index (χ4v) is 6.93. The number of nitrogens with one attached hydrogen (secondary N) is 1. The van der Waals surface area contributed by atoms with Gasteiger partial charge in [0.25, 0.3) is 10.0 Å². The summed E-state index contributed by atoms with van der Waals surface area (Å²) in [4.78, 5) is 30.9. The van der Waals surface area contributed by atoms with Gasteiger partial charge in [0.15, 0.2) is 0 Å². The van der Waals surface area contributed by atoms with Crippen LogP contribution in [0, 0.1) is 6.92 Å². The van der Waals surface area contributed by atoms with Crippen LogP contribution in [-0.2, 0) is 32.6 Å². The van der Waals surface area contributed by atoms with Gasteiger partial charge in [0.1, 0.15) is 18.3 Å². The average molecular weight is 674 g/mol. The number of carbonyl (C=O) groups excluding carboxylic acids is 2. The van der Waals surface area contributed by atoms with Gasteiger partial charge in [-0.3, -0.25) is 13.9 Å². The van der Waals surface area contributed by atoms with Crippen molar-refractivity contribution in [3.8, 4) is 5.75 Å². The lowest BCUT2D eigenvalue weighted by Crippen LogP contribution is -2.54. The highest BCUT2D eigenvalue weighted by Gasteiger charge is 2.35. The van der Waals surface area contributed by atoms with Gasteiger partial charge in [-0.25, -0.2) is 8.42 Å². The van der Waals surface area contributed by atoms with Gasteiger partial charge >= 0.3 is 0 Å². The number of sulfonamides is 1. The Morgan fingerprint density at radius 1 is 0.851 bits per heavy atom. The Kier molecular flexibility index (Phi) is 12.5. The minimum absolute atomic E-state index is 0.0560. The number of ether oxygens (including phenoxy) is 1. The van der Waals surface area contributed by atoms with E-state index < -0.39 is 28.5 Å². The van der Waals surface area contributed by atoms with E-state index in [0.29, 0.717) is 18.0 Å². The number of carbonyl (C=O) groups is 2. The minimum Gasteiger partial charge on any atom is -0.494 e. The molecule has 0 radical (unpaired) electrons. The van der Waals surface area contributed by atoms with Crippen LogP contribution in [0.15, 0.2) is 113 Å². The van der Waals surface area contributed by atoms with Crippen LogP contribution in [0.3, 0.4) is 0 Å². The number of anilines is 1. The van der Waals surface area contributed by atoms with E-state index >= 15 is 0 Å². The van der Waals surface area contributed by atoms with Crippen LogP contribution in [0.5, 0.6) is 5.75 Å². The molecule has 4 aromatic rings. The first kappa shape index (κ1) is 35.6. The molecule has 0 aliphatic heterocycles. The van der Waals surface area contributed by atoms with Gasteiger partial charge in [-0.2, -0.15) is 0 Å². The molecule has 0 aliphatic rings. The summed E-state index contributed by atoms with van der Waals surface area (Å²) < 4.78 is 35.2. The van der Waals surface area contributed by atoms with Crippen LogP contribution in [0.1, 0.15) is 37.5 Å². The van der Waals surface area contributed by atoms with Crippen LogP contribution in [-0.4, -0.2) is 56.6 Å². The Labute approximate surface area is 283 Å². The highest BCUT2D eigenvalue weighted by molar-refractivity contribution is 7.98. The van der Waals surface area contributed by atoms with Crippen LogP contribution < -0.4 is 14.4 Å². The SMILES string of the molecule is CCOc1ccc(N(CC(=O)N(Cc2ccc(C)cc2)[C@H](Cc2ccccc2)C(=O)NC(C)C)S(=O)(=O)c2ccc(SC)cc2)cc1. The molecule has 0 aliphatic carbocycles. The third-order valence-electron chi connectivity index (χ3n) is 7.54. The van der Waals surface area contributed by atoms with Gasteiger partial charge in [0.05, 0.1) is 17.2 Å². The average Bonchev–Trinajstić information content (AvgIpc) is 3.06. The number of nitrogens with zero attached hydrogens (tertiary/aromatic N) is 2. The highest BCUT2D eigenvalue weighted by atomic mass is 32.2. The van der Waals surface area contributed by atoms with Gasteiger partial charge < -0.3 is 15.0 Å². The molecule has 8 nitrogen and oxygen atoms in total. The fourth-order valence-electron chi connectivity index (χ4n) is 5.10. The van der Waals surface area contributed by atoms with Crippen LogP contribution >= 0.6 is 11.8 Å². The Balaban J connectivity index is 1.80. The molecule has 0 saturated carbocycles. The van der Waals surface area contributed by atoms with E-state index in [1.165, 1.54) is 16.7 Å². The van der Waals surface area contributed by atoms with Crippen molar-refractivity contribution in [2.24, 2.45) is 0 Å². The molecular weight excluding hydrogens is 631 g/mol. The number of amides is 2. The third-order valence-corrected chi connectivity index (χ3v) is 10.1. The summed E-state index contributed by atoms with van der Waals surface area (Å²) in [5, 5.41) is 2.98. The van der Waals surface area contributed by atoms with Gasteiger partial charge in [0, 0.05) is 23.9 Å². The second-order valence-electron chi connectivity index (χ2n) is 11.5. The zero-order valence-corrected chi connectivity index (χ0v) is 29.2. The summed E-state index contributed by atoms with van der Waals surface area (Å²) in [5.41, 5.74) is 3.06. The summed E-state index contributed by atoms with van der Waals surface area (Å²) in [5.74, 6) is -0.241. The number of hydrogen-bond acceptors (Lipinski definition) is 6. The van der Waals surface area contributed by atoms with Gasteiger partial charge in [-0.1, -0.05) is 60.2 Å². The summed E-state index contributed by atoms with van der Waals surface area (Å²) in [6.07, 6.45) is 2.17. The van der Waals surface area contributed by atoms with Crippen LogP contribution in [0.2, 0.25) is 0 Å². The van der Waals surface area contributed by atoms with E-state index in [9.17, 15) is 18.0 Å². The van der Waals surface area contributed by atoms with Crippen molar-refractivity contribution in [3.63, 3.8) is 0 Å². The lowest BCUT2D eigenvalue weighted by molar-refractivity contribution is -0.140. The first-order valence-electron chi connectivity index (χ1n) is 15.6. The summed E-state index contributed by atoms with van der Waals surface area (Å²) in [7, 11) is -4.20. The second kappa shape index (κ2) is 16.5. The summed E-state index contributed by atoms with van der Waals surface area (Å²) >= 11 is 1.50. The predicted molar refractivity (Wildman–Crippen MR) is 189 cm³/mol. The van der Waals surface area contributed by atoms with Gasteiger partial charge in [0.2, 0.25) is 11.8 Å². The topological polar surface area (TPSA) is 96.0 Å². The van der Waals surface area contributed by atoms with Crippen molar-refractivity contribution >= 4 is 39.3 Å². The fraction of sp³-hybridized carbons (Fsp3) is 0.297. The van der Waals surface area contributed by atoms with Crippen molar-refractivity contribution in [3.05, 3.63) is 120 Å². The van der Waals surface area contributed by atoms with Crippen molar-refractivity contribution < 1.29 is 22.7 Å². The van der Waals surface area contributed by atoms with Crippen molar-refractivity contribution in [2.45, 2.75) is 62.5 Å². The molecule has 4 rings (SSSR count). The molecule has 0 heterocycles. The van der Waals surface area contributed by atoms with Gasteiger partial charge in [-0.15, -0.1) is 11.8 Å². The van der Waals surface area contributed by atoms with Crippen LogP contribution in [0.4, 0.5) is 5.69 Å². The van der Waals surface area contributed by atoms with Crippen molar-refractivity contribution in [1.82, 2.24) is 10.2 Å². The Bertz CT molecular complexity index is 1710. The zero-order chi connectivity index (χ0) is 34.0. The number of rotatable bonds is 15. The number of thioether (sulfide) groups is 1. The van der Waals surface area contributed by atoms with Gasteiger partial charge in [-0.05, 0) is 93.6 Å². The molecule has 47 heavy (non-hydrogen) atoms. The number of benzene rings is 4. The molecule has 0 aromatic heterocycles. The molecular formula is C37H43N3O5S2. The molecule has 1 atom stereocenters. The molecule has 4 aromatic carbocycles. The monoisotopic (exact) mass is 673 g/mol. The quantitative estimate of drug-likeness (QED) is 0.145. The maximum Gasteiger partial charge on any atom is 0.264 e. The number of hydrogen-bond donors (Lipinski definition) is 1. The Morgan fingerprint density at radius 3 is 2.06 bits per heavy atom. The summed E-state index contributed by atoms with van der Waals surface area (Å²) in [6, 6.07) is 29.4. The third kappa shape index (κ3) is 9.62. The molecule has 1 N–H and O–H groups in total. The molecule has 0 bridgehead atoms. The summed E-state index contributed by atoms with van der Waals surface area (Å²) in [6.45, 7) is 7.63. The molecule has 2 amide bonds. The highest BCUT2D eigenvalue weighted by Crippen LogP contribution is 2.28. The molecule has 248 valence electrons. The van der Waals surface area contributed by atoms with E-state index in [2.05, 4.69) is 5.32 Å². The largest absolute Gasteiger partial charge is 0.494 e. The Morgan fingerprint density at radius 2 is 1.49 bits per heavy atom. The predicted octanol–water partition coefficient (Wildman–Crippen LogP) is 6.48. The molecule has 0 fully saturated rings. The minimum atomic E-state index is -4.20. The van der Waals surface area contributed by atoms with Crippen molar-refractivity contribution in [1.29, 1.82) is 0 Å². The smallest absolute Gasteiger partial charge is 0.264 e. The van der Waals surface area contributed by atoms with E-state index in [4.69, 9.17) is 4.74 Å². The lowest BCUT2D eigenvalue weighted by Gasteiger charge is -2.34. The first-order valence-corrected chi connectivity index (χ1v) is 18.3. The maximum atomic E-state index is 14.6. The molecule has 0 saturated heterocycles. The van der Waals surface area contributed by atoms with E-state index in [0.717, 1.165) is 25.9 Å². The normalized spacial score (nSPS) is 12.0. The van der Waals surface area contributed by atoms with Crippen LogP contribution in [0.25, 0.3) is 0 Å². The van der Waals surface area contributed by atoms with E-state index in [1.807, 2.05) is 88.5 Å². The zero-order valence-electron chi connectivity index (χ0n) is 27.6. The molecule has 10 heteroatoms. The van der Waals surface area contributed by atoms with E-state index in [-0.39, 0.29) is 29.8 Å². The first-order chi connectivity index (χ1) is 22.5. The Hall–Kier alpha value is -4.28. The standard InChI is InChI=1S/C37H43N3O5S2/c1-6-45-32-18-16-31(17-19-32)40(47(43,44)34-22-20-33(46-5)21-23-34)26-36(41)39(25-30-14-12-28(4)13-15-30)35(37(42)38-27(2)3)24-29-10-8-7-9-11-29/h7-23,27,35H,6,24-26H2,1-5H3,(H,38,42)/t35-/m1/s1. The molecule has 0 spiro atoms. The van der Waals surface area contributed by atoms with Crippen molar-refractivity contribution in [2.75, 3.05) is 23.7 Å². The van der Waals surface area contributed by atoms with E-state index in [1.54, 1.807) is 48.5 Å².